The Morgan fingerprint density at radius 2 is 2.07 bits per heavy atom. The van der Waals surface area contributed by atoms with Crippen molar-refractivity contribution in [2.75, 3.05) is 0 Å². The maximum Gasteiger partial charge on any atom is 0.338 e. The number of carboxylic acid groups (broad SMARTS) is 1. The van der Waals surface area contributed by atoms with E-state index in [1.165, 1.54) is 12.3 Å². The molecular weight excluding hydrogens is 358 g/mol. The third-order valence-electron chi connectivity index (χ3n) is 4.43. The van der Waals surface area contributed by atoms with Crippen LogP contribution in [0, 0.1) is 13.8 Å². The number of alkyl halides is 2. The maximum atomic E-state index is 13.1. The van der Waals surface area contributed by atoms with Gasteiger partial charge in [-0.05, 0) is 32.0 Å². The highest BCUT2D eigenvalue weighted by atomic mass is 19.3. The van der Waals surface area contributed by atoms with Gasteiger partial charge < -0.3 is 9.52 Å². The summed E-state index contributed by atoms with van der Waals surface area (Å²) in [6.07, 6.45) is 4.45. The molecule has 0 aliphatic carbocycles. The predicted octanol–water partition coefficient (Wildman–Crippen LogP) is 4.17. The molecule has 0 spiro atoms. The second-order valence-electron chi connectivity index (χ2n) is 6.08. The molecule has 1 N–H and O–H groups in total. The van der Waals surface area contributed by atoms with E-state index >= 15 is 0 Å². The fraction of sp³-hybridized carbons (Fsp3) is 0.167. The largest absolute Gasteiger partial charge is 0.478 e. The Morgan fingerprint density at radius 1 is 1.30 bits per heavy atom. The normalized spacial score (nSPS) is 11.6. The lowest BCUT2D eigenvalue weighted by Gasteiger charge is -2.04. The third-order valence-corrected chi connectivity index (χ3v) is 4.43. The number of aromatic nitrogens is 4. The number of carboxylic acids is 1. The van der Waals surface area contributed by atoms with E-state index in [1.807, 2.05) is 0 Å². The van der Waals surface area contributed by atoms with Crippen molar-refractivity contribution in [2.24, 2.45) is 0 Å². The summed E-state index contributed by atoms with van der Waals surface area (Å²) >= 11 is 0. The molecule has 27 heavy (non-hydrogen) atoms. The van der Waals surface area contributed by atoms with Crippen LogP contribution in [0.3, 0.4) is 0 Å². The first-order valence-electron chi connectivity index (χ1n) is 8.00. The lowest BCUT2D eigenvalue weighted by molar-refractivity contribution is 0.0541. The SMILES string of the molecule is Cc1nn(C(F)F)c(C)c1-c1cnn2ccc(-c3cc(C(=O)O)co3)cc12. The molecule has 0 radical (unpaired) electrons. The van der Waals surface area contributed by atoms with Crippen molar-refractivity contribution in [1.82, 2.24) is 19.4 Å². The monoisotopic (exact) mass is 372 g/mol. The summed E-state index contributed by atoms with van der Waals surface area (Å²) in [5, 5.41) is 17.2. The minimum atomic E-state index is -2.73. The average Bonchev–Trinajstić information content (AvgIpc) is 3.32. The van der Waals surface area contributed by atoms with Crippen LogP contribution in [0.1, 0.15) is 28.3 Å². The number of halogens is 2. The van der Waals surface area contributed by atoms with Crippen LogP contribution in [0.5, 0.6) is 0 Å². The molecule has 0 bridgehead atoms. The van der Waals surface area contributed by atoms with Crippen LogP contribution in [0.2, 0.25) is 0 Å². The van der Waals surface area contributed by atoms with Crippen molar-refractivity contribution >= 4 is 11.5 Å². The lowest BCUT2D eigenvalue weighted by atomic mass is 10.0. The van der Waals surface area contributed by atoms with Gasteiger partial charge in [0.15, 0.2) is 0 Å². The van der Waals surface area contributed by atoms with Crippen LogP contribution in [0.25, 0.3) is 28.0 Å². The van der Waals surface area contributed by atoms with Gasteiger partial charge in [0.1, 0.15) is 12.0 Å². The Kier molecular flexibility index (Phi) is 3.79. The lowest BCUT2D eigenvalue weighted by Crippen LogP contribution is -2.02. The van der Waals surface area contributed by atoms with Gasteiger partial charge in [0.2, 0.25) is 0 Å². The summed E-state index contributed by atoms with van der Waals surface area (Å²) in [5.74, 6) is -0.694. The zero-order valence-electron chi connectivity index (χ0n) is 14.3. The van der Waals surface area contributed by atoms with Gasteiger partial charge in [0.25, 0.3) is 0 Å². The molecule has 7 nitrogen and oxygen atoms in total. The Hall–Kier alpha value is -3.49. The summed E-state index contributed by atoms with van der Waals surface area (Å²) in [5.41, 5.74) is 3.42. The molecule has 4 aromatic heterocycles. The molecule has 4 aromatic rings. The van der Waals surface area contributed by atoms with E-state index in [0.717, 1.165) is 0 Å². The zero-order chi connectivity index (χ0) is 19.3. The van der Waals surface area contributed by atoms with Crippen molar-refractivity contribution in [1.29, 1.82) is 0 Å². The number of hydrogen-bond donors (Lipinski definition) is 1. The molecule has 0 saturated heterocycles. The van der Waals surface area contributed by atoms with Gasteiger partial charge in [0, 0.05) is 28.6 Å². The second kappa shape index (κ2) is 6.04. The van der Waals surface area contributed by atoms with E-state index < -0.39 is 12.5 Å². The van der Waals surface area contributed by atoms with E-state index in [0.29, 0.717) is 44.0 Å². The van der Waals surface area contributed by atoms with E-state index in [4.69, 9.17) is 9.52 Å². The molecule has 0 amide bonds. The average molecular weight is 372 g/mol. The number of rotatable bonds is 4. The van der Waals surface area contributed by atoms with Crippen LogP contribution in [0.15, 0.2) is 41.3 Å². The highest BCUT2D eigenvalue weighted by Crippen LogP contribution is 2.34. The quantitative estimate of drug-likeness (QED) is 0.581. The van der Waals surface area contributed by atoms with E-state index in [2.05, 4.69) is 10.2 Å². The number of fused-ring (bicyclic) bond motifs is 1. The predicted molar refractivity (Wildman–Crippen MR) is 91.8 cm³/mol. The second-order valence-corrected chi connectivity index (χ2v) is 6.08. The van der Waals surface area contributed by atoms with Crippen LogP contribution in [-0.4, -0.2) is 30.5 Å². The molecule has 0 aliphatic rings. The van der Waals surface area contributed by atoms with E-state index in [-0.39, 0.29) is 5.56 Å². The molecule has 9 heteroatoms. The molecule has 4 heterocycles. The maximum absolute atomic E-state index is 13.1. The van der Waals surface area contributed by atoms with Gasteiger partial charge >= 0.3 is 12.5 Å². The van der Waals surface area contributed by atoms with E-state index in [9.17, 15) is 13.6 Å². The summed E-state index contributed by atoms with van der Waals surface area (Å²) < 4.78 is 33.9. The first-order chi connectivity index (χ1) is 12.9. The first-order valence-corrected chi connectivity index (χ1v) is 8.00. The molecule has 0 unspecified atom stereocenters. The Balaban J connectivity index is 1.87. The van der Waals surface area contributed by atoms with Crippen molar-refractivity contribution in [3.05, 3.63) is 53.8 Å². The summed E-state index contributed by atoms with van der Waals surface area (Å²) in [6.45, 7) is 0.521. The first kappa shape index (κ1) is 17.0. The van der Waals surface area contributed by atoms with Crippen LogP contribution in [0.4, 0.5) is 8.78 Å². The molecule has 0 aliphatic heterocycles. The minimum absolute atomic E-state index is 0.0449. The van der Waals surface area contributed by atoms with Gasteiger partial charge in [-0.1, -0.05) is 0 Å². The molecule has 138 valence electrons. The van der Waals surface area contributed by atoms with Crippen molar-refractivity contribution in [3.8, 4) is 22.5 Å². The van der Waals surface area contributed by atoms with Crippen molar-refractivity contribution in [3.63, 3.8) is 0 Å². The molecule has 0 fully saturated rings. The molecule has 0 atom stereocenters. The van der Waals surface area contributed by atoms with Gasteiger partial charge in [0.05, 0.1) is 23.0 Å². The number of aromatic carboxylic acids is 1. The third kappa shape index (κ3) is 2.67. The van der Waals surface area contributed by atoms with Gasteiger partial charge in [-0.2, -0.15) is 19.0 Å². The number of furan rings is 1. The fourth-order valence-corrected chi connectivity index (χ4v) is 3.17. The number of hydrogen-bond acceptors (Lipinski definition) is 4. The smallest absolute Gasteiger partial charge is 0.338 e. The summed E-state index contributed by atoms with van der Waals surface area (Å²) in [7, 11) is 0. The standard InChI is InChI=1S/C18H14F2N4O3/c1-9-16(10(2)24(22-9)18(19)20)13-7-21-23-4-3-11(5-14(13)23)15-6-12(8-27-15)17(25)26/h3-8,18H,1-2H3,(H,25,26). The topological polar surface area (TPSA) is 85.6 Å². The molecule has 4 rings (SSSR count). The minimum Gasteiger partial charge on any atom is -0.478 e. The summed E-state index contributed by atoms with van der Waals surface area (Å²) in [6, 6.07) is 4.93. The molecule has 0 aromatic carbocycles. The zero-order valence-corrected chi connectivity index (χ0v) is 14.3. The van der Waals surface area contributed by atoms with Crippen LogP contribution < -0.4 is 0 Å². The van der Waals surface area contributed by atoms with Crippen molar-refractivity contribution < 1.29 is 23.1 Å². The Labute approximate surface area is 151 Å². The molecular formula is C18H14F2N4O3. The number of pyridine rings is 1. The van der Waals surface area contributed by atoms with Gasteiger partial charge in [-0.15, -0.1) is 0 Å². The highest BCUT2D eigenvalue weighted by molar-refractivity contribution is 5.89. The van der Waals surface area contributed by atoms with Crippen LogP contribution in [-0.2, 0) is 0 Å². The van der Waals surface area contributed by atoms with Gasteiger partial charge in [-0.3, -0.25) is 0 Å². The van der Waals surface area contributed by atoms with Gasteiger partial charge in [-0.25, -0.2) is 14.0 Å². The number of carbonyl (C=O) groups is 1. The number of nitrogens with zero attached hydrogens (tertiary/aromatic N) is 4. The molecule has 0 saturated carbocycles. The van der Waals surface area contributed by atoms with E-state index in [1.54, 1.807) is 42.9 Å². The highest BCUT2D eigenvalue weighted by Gasteiger charge is 2.21. The summed E-state index contributed by atoms with van der Waals surface area (Å²) in [4.78, 5) is 11.0. The number of aryl methyl sites for hydroxylation is 1. The van der Waals surface area contributed by atoms with Crippen LogP contribution >= 0.6 is 0 Å². The fourth-order valence-electron chi connectivity index (χ4n) is 3.17. The Morgan fingerprint density at radius 3 is 2.70 bits per heavy atom. The Bertz CT molecular complexity index is 1170. The van der Waals surface area contributed by atoms with Crippen molar-refractivity contribution in [2.45, 2.75) is 20.4 Å².